The van der Waals surface area contributed by atoms with Gasteiger partial charge in [-0.15, -0.1) is 0 Å². The van der Waals surface area contributed by atoms with Gasteiger partial charge in [0, 0.05) is 0 Å². The van der Waals surface area contributed by atoms with E-state index in [4.69, 9.17) is 0 Å². The summed E-state index contributed by atoms with van der Waals surface area (Å²) >= 11 is 0. The van der Waals surface area contributed by atoms with Gasteiger partial charge in [0.2, 0.25) is 0 Å². The second kappa shape index (κ2) is 7.58. The molecule has 0 aliphatic rings. The Labute approximate surface area is 156 Å². The number of aromatic nitrogens is 2. The number of carbonyl (C=O) groups is 1. The Bertz CT molecular complexity index is 1060. The number of rotatable bonds is 5. The predicted octanol–water partition coefficient (Wildman–Crippen LogP) is 4.61. The number of hydrazone groups is 1. The van der Waals surface area contributed by atoms with Crippen LogP contribution in [0.2, 0.25) is 0 Å². The zero-order valence-corrected chi connectivity index (χ0v) is 14.4. The largest absolute Gasteiger partial charge is 0.296 e. The Morgan fingerprint density at radius 2 is 1.15 bits per heavy atom. The lowest BCUT2D eigenvalue weighted by Gasteiger charge is -2.19. The highest BCUT2D eigenvalue weighted by Gasteiger charge is 2.09. The van der Waals surface area contributed by atoms with E-state index in [1.807, 2.05) is 84.9 Å². The van der Waals surface area contributed by atoms with Gasteiger partial charge < -0.3 is 0 Å². The molecule has 5 nitrogen and oxygen atoms in total. The van der Waals surface area contributed by atoms with E-state index in [9.17, 15) is 4.79 Å². The molecule has 4 aromatic rings. The monoisotopic (exact) mass is 352 g/mol. The maximum Gasteiger partial charge on any atom is 0.170 e. The third-order valence-corrected chi connectivity index (χ3v) is 4.03. The van der Waals surface area contributed by atoms with Crippen LogP contribution in [0.5, 0.6) is 0 Å². The third kappa shape index (κ3) is 3.57. The lowest BCUT2D eigenvalue weighted by atomic mass is 10.2. The van der Waals surface area contributed by atoms with Crippen LogP contribution in [0.1, 0.15) is 16.2 Å². The van der Waals surface area contributed by atoms with Crippen molar-refractivity contribution in [3.63, 3.8) is 0 Å². The molecule has 0 unspecified atom stereocenters. The predicted molar refractivity (Wildman–Crippen MR) is 108 cm³/mol. The van der Waals surface area contributed by atoms with Crippen molar-refractivity contribution in [1.82, 2.24) is 9.97 Å². The van der Waals surface area contributed by atoms with Crippen LogP contribution in [-0.2, 0) is 0 Å². The molecular weight excluding hydrogens is 336 g/mol. The summed E-state index contributed by atoms with van der Waals surface area (Å²) in [6.07, 6.45) is 2.28. The van der Waals surface area contributed by atoms with Crippen molar-refractivity contribution in [1.29, 1.82) is 0 Å². The Morgan fingerprint density at radius 1 is 0.667 bits per heavy atom. The maximum atomic E-state index is 11.5. The van der Waals surface area contributed by atoms with Crippen LogP contribution >= 0.6 is 0 Å². The third-order valence-electron chi connectivity index (χ3n) is 4.03. The summed E-state index contributed by atoms with van der Waals surface area (Å²) < 4.78 is 0. The Hall–Kier alpha value is -3.86. The number of hydrogen-bond donors (Lipinski definition) is 0. The first-order valence-electron chi connectivity index (χ1n) is 8.51. The average molecular weight is 352 g/mol. The summed E-state index contributed by atoms with van der Waals surface area (Å²) in [5.74, 6) is 0. The lowest BCUT2D eigenvalue weighted by molar-refractivity contribution is 0.111. The second-order valence-electron chi connectivity index (χ2n) is 5.83. The Morgan fingerprint density at radius 3 is 1.67 bits per heavy atom. The molecule has 0 radical (unpaired) electrons. The number of anilines is 2. The van der Waals surface area contributed by atoms with Crippen LogP contribution < -0.4 is 5.01 Å². The van der Waals surface area contributed by atoms with E-state index in [0.29, 0.717) is 17.5 Å². The van der Waals surface area contributed by atoms with Gasteiger partial charge in [0.1, 0.15) is 11.4 Å². The van der Waals surface area contributed by atoms with Crippen LogP contribution in [0.25, 0.3) is 11.0 Å². The average Bonchev–Trinajstić information content (AvgIpc) is 2.75. The molecule has 0 saturated carbocycles. The van der Waals surface area contributed by atoms with Gasteiger partial charge in [-0.05, 0) is 36.4 Å². The SMILES string of the molecule is O=Cc1nc2ccccc2nc1C=NN(c1ccccc1)c1ccccc1. The van der Waals surface area contributed by atoms with Crippen molar-refractivity contribution in [3.05, 3.63) is 96.3 Å². The molecule has 3 aromatic carbocycles. The fraction of sp³-hybridized carbons (Fsp3) is 0. The van der Waals surface area contributed by atoms with Crippen LogP contribution in [0.4, 0.5) is 11.4 Å². The summed E-state index contributed by atoms with van der Waals surface area (Å²) in [4.78, 5) is 20.4. The normalized spacial score (nSPS) is 11.0. The molecule has 0 saturated heterocycles. The minimum atomic E-state index is 0.263. The molecule has 4 rings (SSSR count). The van der Waals surface area contributed by atoms with Crippen molar-refractivity contribution in [3.8, 4) is 0 Å². The number of benzene rings is 3. The number of aldehydes is 1. The molecule has 1 aromatic heterocycles. The molecule has 0 spiro atoms. The van der Waals surface area contributed by atoms with Gasteiger partial charge in [-0.1, -0.05) is 48.5 Å². The summed E-state index contributed by atoms with van der Waals surface area (Å²) in [7, 11) is 0. The van der Waals surface area contributed by atoms with Gasteiger partial charge in [-0.2, -0.15) is 5.10 Å². The zero-order valence-electron chi connectivity index (χ0n) is 14.4. The molecule has 1 heterocycles. The van der Waals surface area contributed by atoms with Crippen molar-refractivity contribution < 1.29 is 4.79 Å². The minimum absolute atomic E-state index is 0.263. The van der Waals surface area contributed by atoms with Crippen molar-refractivity contribution in [2.75, 3.05) is 5.01 Å². The number of fused-ring (bicyclic) bond motifs is 1. The number of para-hydroxylation sites is 4. The van der Waals surface area contributed by atoms with E-state index in [1.54, 1.807) is 11.2 Å². The summed E-state index contributed by atoms with van der Waals surface area (Å²) in [6, 6.07) is 27.0. The zero-order chi connectivity index (χ0) is 18.5. The van der Waals surface area contributed by atoms with Crippen LogP contribution in [0, 0.1) is 0 Å². The highest BCUT2D eigenvalue weighted by molar-refractivity contribution is 5.93. The van der Waals surface area contributed by atoms with Crippen molar-refractivity contribution in [2.45, 2.75) is 0 Å². The fourth-order valence-electron chi connectivity index (χ4n) is 2.74. The molecule has 0 atom stereocenters. The first-order valence-corrected chi connectivity index (χ1v) is 8.51. The van der Waals surface area contributed by atoms with E-state index in [1.165, 1.54) is 0 Å². The highest BCUT2D eigenvalue weighted by atomic mass is 16.1. The van der Waals surface area contributed by atoms with E-state index in [-0.39, 0.29) is 5.69 Å². The molecular formula is C22H16N4O. The number of carbonyl (C=O) groups excluding carboxylic acids is 1. The Balaban J connectivity index is 1.78. The van der Waals surface area contributed by atoms with Crippen LogP contribution in [0.15, 0.2) is 90.0 Å². The molecule has 130 valence electrons. The molecule has 0 aliphatic carbocycles. The van der Waals surface area contributed by atoms with Crippen molar-refractivity contribution >= 4 is 34.9 Å². The fourth-order valence-corrected chi connectivity index (χ4v) is 2.74. The number of hydrogen-bond acceptors (Lipinski definition) is 5. The molecule has 0 fully saturated rings. The number of nitrogens with zero attached hydrogens (tertiary/aromatic N) is 4. The molecule has 0 N–H and O–H groups in total. The lowest BCUT2D eigenvalue weighted by Crippen LogP contribution is -2.10. The van der Waals surface area contributed by atoms with Crippen LogP contribution in [-0.4, -0.2) is 22.5 Å². The van der Waals surface area contributed by atoms with E-state index in [2.05, 4.69) is 15.1 Å². The topological polar surface area (TPSA) is 58.5 Å². The summed E-state index contributed by atoms with van der Waals surface area (Å²) in [5, 5.41) is 6.39. The van der Waals surface area contributed by atoms with Crippen molar-refractivity contribution in [2.24, 2.45) is 5.10 Å². The van der Waals surface area contributed by atoms with E-state index < -0.39 is 0 Å². The molecule has 0 amide bonds. The Kier molecular flexibility index (Phi) is 4.66. The smallest absolute Gasteiger partial charge is 0.170 e. The second-order valence-corrected chi connectivity index (χ2v) is 5.83. The van der Waals surface area contributed by atoms with E-state index in [0.717, 1.165) is 16.9 Å². The molecule has 0 bridgehead atoms. The molecule has 27 heavy (non-hydrogen) atoms. The van der Waals surface area contributed by atoms with Gasteiger partial charge in [-0.3, -0.25) is 4.79 Å². The minimum Gasteiger partial charge on any atom is -0.296 e. The van der Waals surface area contributed by atoms with Gasteiger partial charge in [0.05, 0.1) is 28.6 Å². The van der Waals surface area contributed by atoms with Gasteiger partial charge in [0.25, 0.3) is 0 Å². The first-order chi connectivity index (χ1) is 13.3. The summed E-state index contributed by atoms with van der Waals surface area (Å²) in [5.41, 5.74) is 3.90. The van der Waals surface area contributed by atoms with Gasteiger partial charge in [0.15, 0.2) is 6.29 Å². The maximum absolute atomic E-state index is 11.5. The van der Waals surface area contributed by atoms with Gasteiger partial charge >= 0.3 is 0 Å². The standard InChI is InChI=1S/C22H16N4O/c27-16-22-21(24-19-13-7-8-14-20(19)25-22)15-23-26(17-9-3-1-4-10-17)18-11-5-2-6-12-18/h1-16H. The van der Waals surface area contributed by atoms with E-state index >= 15 is 0 Å². The first kappa shape index (κ1) is 16.6. The molecule has 5 heteroatoms. The summed E-state index contributed by atoms with van der Waals surface area (Å²) in [6.45, 7) is 0. The van der Waals surface area contributed by atoms with Gasteiger partial charge in [-0.25, -0.2) is 15.0 Å². The highest BCUT2D eigenvalue weighted by Crippen LogP contribution is 2.25. The quantitative estimate of drug-likeness (QED) is 0.299. The molecule has 0 aliphatic heterocycles. The van der Waals surface area contributed by atoms with Crippen LogP contribution in [0.3, 0.4) is 0 Å².